The van der Waals surface area contributed by atoms with Gasteiger partial charge in [0.2, 0.25) is 0 Å². The summed E-state index contributed by atoms with van der Waals surface area (Å²) < 4.78 is 5.30. The molecule has 3 nitrogen and oxygen atoms in total. The number of fused-ring (bicyclic) bond motifs is 1. The molecule has 3 rings (SSSR count). The minimum atomic E-state index is -0.373. The maximum atomic E-state index is 10.8. The average Bonchev–Trinajstić information content (AvgIpc) is 2.49. The number of rotatable bonds is 2. The molecule has 0 spiro atoms. The van der Waals surface area contributed by atoms with E-state index in [-0.39, 0.29) is 12.1 Å². The SMILES string of the molecule is COc1ccc2c(c1)C(O)C(N1CCC(C)CC1)CC2. The zero-order chi connectivity index (χ0) is 14.1. The van der Waals surface area contributed by atoms with Crippen LogP contribution >= 0.6 is 0 Å². The van der Waals surface area contributed by atoms with Crippen molar-refractivity contribution < 1.29 is 9.84 Å². The number of hydrogen-bond acceptors (Lipinski definition) is 3. The zero-order valence-corrected chi connectivity index (χ0v) is 12.5. The molecule has 0 radical (unpaired) electrons. The van der Waals surface area contributed by atoms with E-state index in [1.807, 2.05) is 12.1 Å². The normalized spacial score (nSPS) is 28.1. The van der Waals surface area contributed by atoms with Crippen molar-refractivity contribution in [1.82, 2.24) is 4.90 Å². The Labute approximate surface area is 121 Å². The van der Waals surface area contributed by atoms with Crippen molar-refractivity contribution in [1.29, 1.82) is 0 Å². The van der Waals surface area contributed by atoms with Gasteiger partial charge in [-0.15, -0.1) is 0 Å². The van der Waals surface area contributed by atoms with Crippen molar-refractivity contribution in [2.24, 2.45) is 5.92 Å². The summed E-state index contributed by atoms with van der Waals surface area (Å²) in [6, 6.07) is 6.39. The fourth-order valence-electron chi connectivity index (χ4n) is 3.61. The third kappa shape index (κ3) is 2.57. The molecule has 1 fully saturated rings. The molecule has 1 heterocycles. The first kappa shape index (κ1) is 13.9. The Balaban J connectivity index is 1.79. The molecule has 0 bridgehead atoms. The van der Waals surface area contributed by atoms with Gasteiger partial charge >= 0.3 is 0 Å². The zero-order valence-electron chi connectivity index (χ0n) is 12.5. The lowest BCUT2D eigenvalue weighted by Gasteiger charge is -2.41. The Hall–Kier alpha value is -1.06. The van der Waals surface area contributed by atoms with Crippen LogP contribution in [0.3, 0.4) is 0 Å². The van der Waals surface area contributed by atoms with Gasteiger partial charge in [0.25, 0.3) is 0 Å². The molecule has 1 aliphatic carbocycles. The molecular formula is C17H25NO2. The van der Waals surface area contributed by atoms with E-state index in [0.29, 0.717) is 0 Å². The predicted octanol–water partition coefficient (Wildman–Crippen LogP) is 2.78. The van der Waals surface area contributed by atoms with Crippen LogP contribution in [0.2, 0.25) is 0 Å². The third-order valence-corrected chi connectivity index (χ3v) is 5.03. The van der Waals surface area contributed by atoms with E-state index in [1.165, 1.54) is 18.4 Å². The number of hydrogen-bond donors (Lipinski definition) is 1. The summed E-state index contributed by atoms with van der Waals surface area (Å²) in [5, 5.41) is 10.8. The predicted molar refractivity (Wildman–Crippen MR) is 80.0 cm³/mol. The van der Waals surface area contributed by atoms with Crippen LogP contribution in [0.5, 0.6) is 5.75 Å². The molecule has 1 aromatic rings. The highest BCUT2D eigenvalue weighted by atomic mass is 16.5. The molecule has 0 amide bonds. The van der Waals surface area contributed by atoms with Gasteiger partial charge in [0.05, 0.1) is 13.2 Å². The lowest BCUT2D eigenvalue weighted by atomic mass is 9.83. The van der Waals surface area contributed by atoms with Crippen LogP contribution in [-0.4, -0.2) is 36.2 Å². The van der Waals surface area contributed by atoms with Gasteiger partial charge < -0.3 is 9.84 Å². The quantitative estimate of drug-likeness (QED) is 0.901. The molecule has 1 aliphatic heterocycles. The van der Waals surface area contributed by atoms with Gasteiger partial charge in [-0.05, 0) is 68.0 Å². The highest BCUT2D eigenvalue weighted by Crippen LogP contribution is 2.36. The van der Waals surface area contributed by atoms with E-state index in [1.54, 1.807) is 7.11 Å². The van der Waals surface area contributed by atoms with Gasteiger partial charge in [-0.3, -0.25) is 4.90 Å². The summed E-state index contributed by atoms with van der Waals surface area (Å²) in [4.78, 5) is 2.49. The Kier molecular flexibility index (Phi) is 3.99. The summed E-state index contributed by atoms with van der Waals surface area (Å²) >= 11 is 0. The lowest BCUT2D eigenvalue weighted by molar-refractivity contribution is 0.0189. The van der Waals surface area contributed by atoms with E-state index >= 15 is 0 Å². The number of nitrogens with zero attached hydrogens (tertiary/aromatic N) is 1. The van der Waals surface area contributed by atoms with Crippen molar-refractivity contribution in [3.8, 4) is 5.75 Å². The van der Waals surface area contributed by atoms with Crippen molar-refractivity contribution in [3.05, 3.63) is 29.3 Å². The third-order valence-electron chi connectivity index (χ3n) is 5.03. The summed E-state index contributed by atoms with van der Waals surface area (Å²) in [6.07, 6.45) is 4.27. The Morgan fingerprint density at radius 2 is 1.95 bits per heavy atom. The molecule has 110 valence electrons. The number of aliphatic hydroxyl groups excluding tert-OH is 1. The first-order chi connectivity index (χ1) is 9.69. The van der Waals surface area contributed by atoms with Crippen LogP contribution < -0.4 is 4.74 Å². The molecular weight excluding hydrogens is 250 g/mol. The average molecular weight is 275 g/mol. The number of aryl methyl sites for hydroxylation is 1. The fraction of sp³-hybridized carbons (Fsp3) is 0.647. The molecule has 0 saturated carbocycles. The maximum absolute atomic E-state index is 10.8. The molecule has 2 unspecified atom stereocenters. The van der Waals surface area contributed by atoms with Crippen LogP contribution in [0.15, 0.2) is 18.2 Å². The van der Waals surface area contributed by atoms with Gasteiger partial charge in [0, 0.05) is 6.04 Å². The Bertz CT molecular complexity index is 466. The number of likely N-dealkylation sites (tertiary alicyclic amines) is 1. The van der Waals surface area contributed by atoms with Crippen molar-refractivity contribution in [3.63, 3.8) is 0 Å². The van der Waals surface area contributed by atoms with E-state index < -0.39 is 0 Å². The largest absolute Gasteiger partial charge is 0.497 e. The van der Waals surface area contributed by atoms with E-state index in [9.17, 15) is 5.11 Å². The summed E-state index contributed by atoms with van der Waals surface area (Å²) in [7, 11) is 1.68. The van der Waals surface area contributed by atoms with Crippen LogP contribution in [0.25, 0.3) is 0 Å². The molecule has 1 N–H and O–H groups in total. The second-order valence-electron chi connectivity index (χ2n) is 6.33. The first-order valence-corrected chi connectivity index (χ1v) is 7.78. The summed E-state index contributed by atoms with van der Waals surface area (Å²) in [6.45, 7) is 4.58. The monoisotopic (exact) mass is 275 g/mol. The number of benzene rings is 1. The van der Waals surface area contributed by atoms with Crippen LogP contribution in [0, 0.1) is 5.92 Å². The van der Waals surface area contributed by atoms with E-state index in [2.05, 4.69) is 17.9 Å². The van der Waals surface area contributed by atoms with Crippen molar-refractivity contribution in [2.45, 2.75) is 44.8 Å². The van der Waals surface area contributed by atoms with Crippen molar-refractivity contribution >= 4 is 0 Å². The number of ether oxygens (including phenoxy) is 1. The topological polar surface area (TPSA) is 32.7 Å². The number of piperidine rings is 1. The summed E-state index contributed by atoms with van der Waals surface area (Å²) in [5.74, 6) is 1.68. The van der Waals surface area contributed by atoms with Gasteiger partial charge in [0.1, 0.15) is 5.75 Å². The molecule has 3 heteroatoms. The molecule has 2 aliphatic rings. The second-order valence-corrected chi connectivity index (χ2v) is 6.33. The van der Waals surface area contributed by atoms with E-state index in [4.69, 9.17) is 4.74 Å². The van der Waals surface area contributed by atoms with Gasteiger partial charge in [-0.1, -0.05) is 13.0 Å². The highest BCUT2D eigenvalue weighted by Gasteiger charge is 2.33. The molecule has 2 atom stereocenters. The fourth-order valence-corrected chi connectivity index (χ4v) is 3.61. The van der Waals surface area contributed by atoms with Gasteiger partial charge in [-0.2, -0.15) is 0 Å². The van der Waals surface area contributed by atoms with Crippen molar-refractivity contribution in [2.75, 3.05) is 20.2 Å². The molecule has 1 aromatic carbocycles. The lowest BCUT2D eigenvalue weighted by Crippen LogP contribution is -2.46. The minimum Gasteiger partial charge on any atom is -0.497 e. The minimum absolute atomic E-state index is 0.280. The van der Waals surface area contributed by atoms with Crippen LogP contribution in [0.1, 0.15) is 43.4 Å². The Morgan fingerprint density at radius 3 is 2.65 bits per heavy atom. The Morgan fingerprint density at radius 1 is 1.20 bits per heavy atom. The molecule has 1 saturated heterocycles. The highest BCUT2D eigenvalue weighted by molar-refractivity contribution is 5.39. The first-order valence-electron chi connectivity index (χ1n) is 7.78. The van der Waals surface area contributed by atoms with Gasteiger partial charge in [-0.25, -0.2) is 0 Å². The second kappa shape index (κ2) is 5.74. The molecule has 20 heavy (non-hydrogen) atoms. The standard InChI is InChI=1S/C17H25NO2/c1-12-7-9-18(10-8-12)16-6-4-13-3-5-14(20-2)11-15(13)17(16)19/h3,5,11-12,16-17,19H,4,6-10H2,1-2H3. The van der Waals surface area contributed by atoms with Crippen LogP contribution in [-0.2, 0) is 6.42 Å². The number of methoxy groups -OCH3 is 1. The van der Waals surface area contributed by atoms with Crippen LogP contribution in [0.4, 0.5) is 0 Å². The maximum Gasteiger partial charge on any atom is 0.119 e. The van der Waals surface area contributed by atoms with Gasteiger partial charge in [0.15, 0.2) is 0 Å². The summed E-state index contributed by atoms with van der Waals surface area (Å²) in [5.41, 5.74) is 2.35. The smallest absolute Gasteiger partial charge is 0.119 e. The molecule has 0 aromatic heterocycles. The number of aliphatic hydroxyl groups is 1. The van der Waals surface area contributed by atoms with E-state index in [0.717, 1.165) is 43.2 Å².